The summed E-state index contributed by atoms with van der Waals surface area (Å²) in [5.74, 6) is -1.41. The third-order valence-electron chi connectivity index (χ3n) is 8.11. The molecule has 0 saturated heterocycles. The van der Waals surface area contributed by atoms with Gasteiger partial charge in [0.25, 0.3) is 0 Å². The molecule has 2 fully saturated rings. The predicted molar refractivity (Wildman–Crippen MR) is 131 cm³/mol. The zero-order valence-corrected chi connectivity index (χ0v) is 19.8. The number of amides is 2. The van der Waals surface area contributed by atoms with E-state index in [0.717, 1.165) is 30.4 Å². The first-order valence-electron chi connectivity index (χ1n) is 12.6. The summed E-state index contributed by atoms with van der Waals surface area (Å²) in [6.07, 6.45) is 4.61. The van der Waals surface area contributed by atoms with Gasteiger partial charge >= 0.3 is 12.1 Å². The lowest BCUT2D eigenvalue weighted by Gasteiger charge is -2.26. The minimum atomic E-state index is -0.857. The molecule has 0 aromatic heterocycles. The quantitative estimate of drug-likeness (QED) is 0.547. The highest BCUT2D eigenvalue weighted by Gasteiger charge is 2.43. The minimum absolute atomic E-state index is 0.0190. The van der Waals surface area contributed by atoms with Gasteiger partial charge in [-0.05, 0) is 47.9 Å². The van der Waals surface area contributed by atoms with Crippen LogP contribution in [-0.2, 0) is 14.3 Å². The molecule has 2 atom stereocenters. The standard InChI is InChI=1S/C28H32N2O5/c31-25(29-17-28(26(32)33)14-5-6-15-28)22-12-7-13-24(22)30-27(34)35-16-23-20-10-3-1-8-18(20)19-9-2-4-11-21(19)23/h1-4,8-11,22-24H,5-7,12-17H2,(H,29,31)(H,30,34)(H,32,33)/t22-,24+/m1/s1. The third kappa shape index (κ3) is 4.51. The van der Waals surface area contributed by atoms with Crippen LogP contribution in [0.4, 0.5) is 4.79 Å². The van der Waals surface area contributed by atoms with Crippen LogP contribution in [0.2, 0.25) is 0 Å². The van der Waals surface area contributed by atoms with Gasteiger partial charge in [0, 0.05) is 18.5 Å². The number of nitrogens with one attached hydrogen (secondary N) is 2. The summed E-state index contributed by atoms with van der Waals surface area (Å²) in [6.45, 7) is 0.375. The second kappa shape index (κ2) is 9.72. The number of carboxylic acids is 1. The summed E-state index contributed by atoms with van der Waals surface area (Å²) in [5.41, 5.74) is 3.79. The second-order valence-corrected chi connectivity index (χ2v) is 10.1. The van der Waals surface area contributed by atoms with E-state index in [1.807, 2.05) is 24.3 Å². The fraction of sp³-hybridized carbons (Fsp3) is 0.464. The van der Waals surface area contributed by atoms with Crippen molar-refractivity contribution < 1.29 is 24.2 Å². The maximum Gasteiger partial charge on any atom is 0.407 e. The molecule has 0 heterocycles. The number of ether oxygens (including phenoxy) is 1. The van der Waals surface area contributed by atoms with Crippen LogP contribution < -0.4 is 10.6 Å². The van der Waals surface area contributed by atoms with Gasteiger partial charge in [-0.15, -0.1) is 0 Å². The lowest BCUT2D eigenvalue weighted by atomic mass is 9.86. The molecule has 5 rings (SSSR count). The van der Waals surface area contributed by atoms with E-state index in [-0.39, 0.29) is 36.9 Å². The third-order valence-corrected chi connectivity index (χ3v) is 8.11. The molecule has 0 bridgehead atoms. The van der Waals surface area contributed by atoms with Crippen molar-refractivity contribution in [3.05, 3.63) is 59.7 Å². The van der Waals surface area contributed by atoms with Crippen LogP contribution in [0.25, 0.3) is 11.1 Å². The van der Waals surface area contributed by atoms with Crippen molar-refractivity contribution in [2.75, 3.05) is 13.2 Å². The van der Waals surface area contributed by atoms with Gasteiger partial charge in [-0.1, -0.05) is 67.8 Å². The van der Waals surface area contributed by atoms with Gasteiger partial charge in [-0.2, -0.15) is 0 Å². The molecule has 3 aliphatic rings. The highest BCUT2D eigenvalue weighted by molar-refractivity contribution is 5.82. The van der Waals surface area contributed by atoms with Gasteiger partial charge in [0.15, 0.2) is 0 Å². The van der Waals surface area contributed by atoms with Crippen molar-refractivity contribution in [3.63, 3.8) is 0 Å². The van der Waals surface area contributed by atoms with Crippen LogP contribution in [0.1, 0.15) is 62.0 Å². The van der Waals surface area contributed by atoms with Crippen LogP contribution in [0.3, 0.4) is 0 Å². The average molecular weight is 477 g/mol. The average Bonchev–Trinajstić information content (AvgIpc) is 3.60. The first kappa shape index (κ1) is 23.4. The Morgan fingerprint density at radius 3 is 2.17 bits per heavy atom. The van der Waals surface area contributed by atoms with E-state index < -0.39 is 17.5 Å². The molecule has 2 aromatic carbocycles. The fourth-order valence-electron chi connectivity index (χ4n) is 6.14. The summed E-state index contributed by atoms with van der Waals surface area (Å²) >= 11 is 0. The number of hydrogen-bond donors (Lipinski definition) is 3. The minimum Gasteiger partial charge on any atom is -0.481 e. The highest BCUT2D eigenvalue weighted by atomic mass is 16.5. The normalized spacial score (nSPS) is 22.3. The molecule has 7 nitrogen and oxygen atoms in total. The molecule has 0 unspecified atom stereocenters. The molecule has 2 amide bonds. The number of fused-ring (bicyclic) bond motifs is 3. The summed E-state index contributed by atoms with van der Waals surface area (Å²) in [4.78, 5) is 37.4. The van der Waals surface area contributed by atoms with E-state index in [2.05, 4.69) is 34.9 Å². The molecule has 0 radical (unpaired) electrons. The topological polar surface area (TPSA) is 105 Å². The number of carboxylic acid groups (broad SMARTS) is 1. The Morgan fingerprint density at radius 2 is 1.54 bits per heavy atom. The molecule has 35 heavy (non-hydrogen) atoms. The maximum atomic E-state index is 12.9. The summed E-state index contributed by atoms with van der Waals surface area (Å²) in [7, 11) is 0. The smallest absolute Gasteiger partial charge is 0.407 e. The van der Waals surface area contributed by atoms with Crippen molar-refractivity contribution in [1.29, 1.82) is 0 Å². The summed E-state index contributed by atoms with van der Waals surface area (Å²) in [5, 5.41) is 15.4. The van der Waals surface area contributed by atoms with E-state index in [0.29, 0.717) is 25.7 Å². The summed E-state index contributed by atoms with van der Waals surface area (Å²) < 4.78 is 5.66. The lowest BCUT2D eigenvalue weighted by molar-refractivity contribution is -0.148. The molecule has 3 aliphatic carbocycles. The van der Waals surface area contributed by atoms with Gasteiger partial charge in [0.1, 0.15) is 6.61 Å². The van der Waals surface area contributed by atoms with Crippen molar-refractivity contribution in [1.82, 2.24) is 10.6 Å². The Morgan fingerprint density at radius 1 is 0.914 bits per heavy atom. The number of alkyl carbamates (subject to hydrolysis) is 1. The van der Waals surface area contributed by atoms with Crippen LogP contribution in [0.15, 0.2) is 48.5 Å². The van der Waals surface area contributed by atoms with Crippen LogP contribution >= 0.6 is 0 Å². The molecule has 3 N–H and O–H groups in total. The van der Waals surface area contributed by atoms with Gasteiger partial charge in [0.2, 0.25) is 5.91 Å². The predicted octanol–water partition coefficient (Wildman–Crippen LogP) is 4.46. The van der Waals surface area contributed by atoms with Crippen molar-refractivity contribution in [2.45, 2.75) is 56.9 Å². The van der Waals surface area contributed by atoms with E-state index in [9.17, 15) is 19.5 Å². The largest absolute Gasteiger partial charge is 0.481 e. The van der Waals surface area contributed by atoms with Gasteiger partial charge in [-0.25, -0.2) is 4.79 Å². The zero-order valence-electron chi connectivity index (χ0n) is 19.8. The van der Waals surface area contributed by atoms with Crippen LogP contribution in [0, 0.1) is 11.3 Å². The Bertz CT molecular complexity index is 1080. The van der Waals surface area contributed by atoms with Crippen LogP contribution in [-0.4, -0.2) is 42.3 Å². The molecule has 2 saturated carbocycles. The number of hydrogen-bond acceptors (Lipinski definition) is 4. The zero-order chi connectivity index (χ0) is 24.4. The fourth-order valence-corrected chi connectivity index (χ4v) is 6.14. The molecule has 0 aliphatic heterocycles. The maximum absolute atomic E-state index is 12.9. The Kier molecular flexibility index (Phi) is 6.50. The molecular formula is C28H32N2O5. The van der Waals surface area contributed by atoms with Crippen LogP contribution in [0.5, 0.6) is 0 Å². The first-order valence-corrected chi connectivity index (χ1v) is 12.6. The first-order chi connectivity index (χ1) is 17.0. The van der Waals surface area contributed by atoms with Gasteiger partial charge in [-0.3, -0.25) is 9.59 Å². The van der Waals surface area contributed by atoms with Crippen molar-refractivity contribution >= 4 is 18.0 Å². The molecule has 7 heteroatoms. The number of aliphatic carboxylic acids is 1. The number of rotatable bonds is 7. The molecule has 2 aromatic rings. The number of benzene rings is 2. The number of carbonyl (C=O) groups excluding carboxylic acids is 2. The van der Waals surface area contributed by atoms with Crippen molar-refractivity contribution in [3.8, 4) is 11.1 Å². The Balaban J connectivity index is 1.17. The number of carbonyl (C=O) groups is 3. The second-order valence-electron chi connectivity index (χ2n) is 10.1. The van der Waals surface area contributed by atoms with Gasteiger partial charge in [0.05, 0.1) is 11.3 Å². The van der Waals surface area contributed by atoms with Crippen molar-refractivity contribution in [2.24, 2.45) is 11.3 Å². The molecular weight excluding hydrogens is 444 g/mol. The molecule has 0 spiro atoms. The Hall–Kier alpha value is -3.35. The van der Waals surface area contributed by atoms with E-state index in [1.54, 1.807) is 0 Å². The van der Waals surface area contributed by atoms with Gasteiger partial charge < -0.3 is 20.5 Å². The summed E-state index contributed by atoms with van der Waals surface area (Å²) in [6, 6.07) is 16.1. The SMILES string of the molecule is O=C(N[C@H]1CCC[C@H]1C(=O)NCC1(C(=O)O)CCCC1)OCC1c2ccccc2-c2ccccc21. The Labute approximate surface area is 205 Å². The highest BCUT2D eigenvalue weighted by Crippen LogP contribution is 2.44. The molecule has 184 valence electrons. The van der Waals surface area contributed by atoms with E-state index in [1.165, 1.54) is 11.1 Å². The monoisotopic (exact) mass is 476 g/mol. The van der Waals surface area contributed by atoms with E-state index in [4.69, 9.17) is 4.74 Å². The lowest BCUT2D eigenvalue weighted by Crippen LogP contribution is -2.47. The van der Waals surface area contributed by atoms with E-state index >= 15 is 0 Å².